The van der Waals surface area contributed by atoms with Gasteiger partial charge >= 0.3 is 5.97 Å². The fourth-order valence-corrected chi connectivity index (χ4v) is 2.57. The van der Waals surface area contributed by atoms with Crippen molar-refractivity contribution in [2.75, 3.05) is 18.2 Å². The SMILES string of the molecule is COC(=O)c1ccnc(NC(C2CC2)C2CC2)c1N. The lowest BCUT2D eigenvalue weighted by molar-refractivity contribution is 0.0602. The highest BCUT2D eigenvalue weighted by Crippen LogP contribution is 2.46. The van der Waals surface area contributed by atoms with Crippen LogP contribution in [0.1, 0.15) is 36.0 Å². The Labute approximate surface area is 112 Å². The number of nitrogens with one attached hydrogen (secondary N) is 1. The molecule has 0 radical (unpaired) electrons. The van der Waals surface area contributed by atoms with Gasteiger partial charge in [-0.05, 0) is 43.6 Å². The van der Waals surface area contributed by atoms with Crippen molar-refractivity contribution in [1.82, 2.24) is 4.98 Å². The van der Waals surface area contributed by atoms with Crippen molar-refractivity contribution >= 4 is 17.5 Å². The Kier molecular flexibility index (Phi) is 3.05. The first kappa shape index (κ1) is 12.3. The van der Waals surface area contributed by atoms with Crippen LogP contribution < -0.4 is 11.1 Å². The van der Waals surface area contributed by atoms with Crippen molar-refractivity contribution in [1.29, 1.82) is 0 Å². The third kappa shape index (κ3) is 2.50. The van der Waals surface area contributed by atoms with E-state index in [2.05, 4.69) is 10.3 Å². The van der Waals surface area contributed by atoms with Crippen molar-refractivity contribution < 1.29 is 9.53 Å². The number of carbonyl (C=O) groups excluding carboxylic acids is 1. The molecule has 0 bridgehead atoms. The Morgan fingerprint density at radius 3 is 2.58 bits per heavy atom. The zero-order chi connectivity index (χ0) is 13.4. The summed E-state index contributed by atoms with van der Waals surface area (Å²) in [5, 5.41) is 3.45. The minimum absolute atomic E-state index is 0.380. The molecule has 2 fully saturated rings. The molecule has 0 amide bonds. The standard InChI is InChI=1S/C14H19N3O2/c1-19-14(18)10-6-7-16-13(11(10)15)17-12(8-2-3-8)9-4-5-9/h6-9,12H,2-5,15H2,1H3,(H,16,17). The molecule has 0 aliphatic heterocycles. The number of ether oxygens (including phenoxy) is 1. The number of nitrogens with two attached hydrogens (primary N) is 1. The molecule has 1 aromatic heterocycles. The smallest absolute Gasteiger partial charge is 0.340 e. The van der Waals surface area contributed by atoms with Crippen LogP contribution in [-0.4, -0.2) is 24.1 Å². The van der Waals surface area contributed by atoms with Gasteiger partial charge in [-0.2, -0.15) is 0 Å². The molecule has 2 aliphatic carbocycles. The average Bonchev–Trinajstić information content (AvgIpc) is 3.29. The van der Waals surface area contributed by atoms with Crippen LogP contribution in [0.5, 0.6) is 0 Å². The van der Waals surface area contributed by atoms with E-state index in [1.807, 2.05) is 0 Å². The van der Waals surface area contributed by atoms with Gasteiger partial charge in [0.25, 0.3) is 0 Å². The number of nitrogen functional groups attached to an aromatic ring is 1. The van der Waals surface area contributed by atoms with Crippen LogP contribution in [0, 0.1) is 11.8 Å². The number of esters is 1. The second kappa shape index (κ2) is 4.72. The quantitative estimate of drug-likeness (QED) is 0.793. The van der Waals surface area contributed by atoms with Crippen LogP contribution >= 0.6 is 0 Å². The summed E-state index contributed by atoms with van der Waals surface area (Å²) in [6.07, 6.45) is 6.73. The van der Waals surface area contributed by atoms with Crippen molar-refractivity contribution in [3.8, 4) is 0 Å². The highest BCUT2D eigenvalue weighted by Gasteiger charge is 2.41. The van der Waals surface area contributed by atoms with Gasteiger partial charge in [0.05, 0.1) is 18.4 Å². The van der Waals surface area contributed by atoms with Crippen molar-refractivity contribution in [3.63, 3.8) is 0 Å². The monoisotopic (exact) mass is 261 g/mol. The Morgan fingerprint density at radius 1 is 1.42 bits per heavy atom. The molecule has 102 valence electrons. The Morgan fingerprint density at radius 2 is 2.05 bits per heavy atom. The fraction of sp³-hybridized carbons (Fsp3) is 0.571. The number of nitrogens with zero attached hydrogens (tertiary/aromatic N) is 1. The van der Waals surface area contributed by atoms with E-state index in [1.54, 1.807) is 12.3 Å². The van der Waals surface area contributed by atoms with Gasteiger partial charge in [-0.15, -0.1) is 0 Å². The lowest BCUT2D eigenvalue weighted by Gasteiger charge is -2.20. The van der Waals surface area contributed by atoms with E-state index < -0.39 is 5.97 Å². The molecule has 3 rings (SSSR count). The zero-order valence-corrected chi connectivity index (χ0v) is 11.1. The number of anilines is 2. The zero-order valence-electron chi connectivity index (χ0n) is 11.1. The summed E-state index contributed by atoms with van der Waals surface area (Å²) < 4.78 is 4.72. The van der Waals surface area contributed by atoms with Crippen molar-refractivity contribution in [2.45, 2.75) is 31.7 Å². The van der Waals surface area contributed by atoms with Gasteiger partial charge < -0.3 is 15.8 Å². The van der Waals surface area contributed by atoms with Gasteiger partial charge in [0, 0.05) is 12.2 Å². The second-order valence-corrected chi connectivity index (χ2v) is 5.46. The first-order valence-corrected chi connectivity index (χ1v) is 6.80. The van der Waals surface area contributed by atoms with E-state index in [0.29, 0.717) is 23.1 Å². The molecule has 0 spiro atoms. The topological polar surface area (TPSA) is 77.2 Å². The molecular formula is C14H19N3O2. The molecule has 19 heavy (non-hydrogen) atoms. The third-order valence-electron chi connectivity index (χ3n) is 3.96. The average molecular weight is 261 g/mol. The molecular weight excluding hydrogens is 242 g/mol. The van der Waals surface area contributed by atoms with Crippen LogP contribution in [0.3, 0.4) is 0 Å². The Bertz CT molecular complexity index is 483. The maximum absolute atomic E-state index is 11.6. The lowest BCUT2D eigenvalue weighted by atomic mass is 10.1. The summed E-state index contributed by atoms with van der Waals surface area (Å²) in [5.41, 5.74) is 6.79. The summed E-state index contributed by atoms with van der Waals surface area (Å²) in [6.45, 7) is 0. The number of aromatic nitrogens is 1. The molecule has 5 nitrogen and oxygen atoms in total. The molecule has 1 heterocycles. The maximum Gasteiger partial charge on any atom is 0.340 e. The largest absolute Gasteiger partial charge is 0.465 e. The van der Waals surface area contributed by atoms with E-state index in [1.165, 1.54) is 32.8 Å². The molecule has 3 N–H and O–H groups in total. The number of hydrogen-bond donors (Lipinski definition) is 2. The Balaban J connectivity index is 1.81. The molecule has 2 saturated carbocycles. The number of rotatable bonds is 5. The van der Waals surface area contributed by atoms with Crippen molar-refractivity contribution in [2.24, 2.45) is 11.8 Å². The molecule has 0 unspecified atom stereocenters. The second-order valence-electron chi connectivity index (χ2n) is 5.46. The van der Waals surface area contributed by atoms with Crippen LogP contribution in [0.2, 0.25) is 0 Å². The first-order chi connectivity index (χ1) is 9.20. The summed E-state index contributed by atoms with van der Waals surface area (Å²) in [4.78, 5) is 15.9. The summed E-state index contributed by atoms with van der Waals surface area (Å²) >= 11 is 0. The predicted octanol–water partition coefficient (Wildman–Crippen LogP) is 2.05. The molecule has 5 heteroatoms. The first-order valence-electron chi connectivity index (χ1n) is 6.80. The van der Waals surface area contributed by atoms with Crippen LogP contribution in [0.4, 0.5) is 11.5 Å². The van der Waals surface area contributed by atoms with E-state index in [4.69, 9.17) is 10.5 Å². The minimum atomic E-state index is -0.419. The van der Waals surface area contributed by atoms with Gasteiger partial charge in [-0.25, -0.2) is 9.78 Å². The number of methoxy groups -OCH3 is 1. The van der Waals surface area contributed by atoms with E-state index in [0.717, 1.165) is 11.8 Å². The van der Waals surface area contributed by atoms with E-state index >= 15 is 0 Å². The lowest BCUT2D eigenvalue weighted by Crippen LogP contribution is -2.26. The maximum atomic E-state index is 11.6. The number of carbonyl (C=O) groups is 1. The highest BCUT2D eigenvalue weighted by atomic mass is 16.5. The predicted molar refractivity (Wildman–Crippen MR) is 72.8 cm³/mol. The number of pyridine rings is 1. The van der Waals surface area contributed by atoms with Crippen molar-refractivity contribution in [3.05, 3.63) is 17.8 Å². The van der Waals surface area contributed by atoms with Gasteiger partial charge in [-0.1, -0.05) is 0 Å². The van der Waals surface area contributed by atoms with Crippen LogP contribution in [0.15, 0.2) is 12.3 Å². The Hall–Kier alpha value is -1.78. The third-order valence-corrected chi connectivity index (χ3v) is 3.96. The molecule has 0 aromatic carbocycles. The molecule has 0 atom stereocenters. The molecule has 1 aromatic rings. The highest BCUT2D eigenvalue weighted by molar-refractivity contribution is 5.97. The summed E-state index contributed by atoms with van der Waals surface area (Å²) in [6, 6.07) is 2.05. The molecule has 2 aliphatic rings. The van der Waals surface area contributed by atoms with E-state index in [9.17, 15) is 4.79 Å². The summed E-state index contributed by atoms with van der Waals surface area (Å²) in [5.74, 6) is 1.69. The van der Waals surface area contributed by atoms with Gasteiger partial charge in [0.2, 0.25) is 0 Å². The van der Waals surface area contributed by atoms with Crippen LogP contribution in [-0.2, 0) is 4.74 Å². The molecule has 0 saturated heterocycles. The van der Waals surface area contributed by atoms with Gasteiger partial charge in [-0.3, -0.25) is 0 Å². The summed E-state index contributed by atoms with van der Waals surface area (Å²) in [7, 11) is 1.35. The minimum Gasteiger partial charge on any atom is -0.465 e. The van der Waals surface area contributed by atoms with Crippen LogP contribution in [0.25, 0.3) is 0 Å². The number of hydrogen-bond acceptors (Lipinski definition) is 5. The normalized spacial score (nSPS) is 18.4. The van der Waals surface area contributed by atoms with E-state index in [-0.39, 0.29) is 0 Å². The fourth-order valence-electron chi connectivity index (χ4n) is 2.57. The van der Waals surface area contributed by atoms with Gasteiger partial charge in [0.15, 0.2) is 0 Å². The van der Waals surface area contributed by atoms with Gasteiger partial charge in [0.1, 0.15) is 5.82 Å².